The van der Waals surface area contributed by atoms with Gasteiger partial charge in [0, 0.05) is 56.2 Å². The number of nitrogens with one attached hydrogen (secondary N) is 3. The van der Waals surface area contributed by atoms with Crippen molar-refractivity contribution in [2.75, 3.05) is 66.3 Å². The van der Waals surface area contributed by atoms with E-state index in [9.17, 15) is 50.8 Å². The van der Waals surface area contributed by atoms with Crippen LogP contribution in [0.4, 0.5) is 49.1 Å². The van der Waals surface area contributed by atoms with Gasteiger partial charge in [0.2, 0.25) is 17.7 Å². The highest BCUT2D eigenvalue weighted by atomic mass is 32.1. The van der Waals surface area contributed by atoms with Crippen LogP contribution in [0.3, 0.4) is 0 Å². The third kappa shape index (κ3) is 9.58. The van der Waals surface area contributed by atoms with Gasteiger partial charge in [-0.15, -0.1) is 0 Å². The molecule has 3 saturated heterocycles. The molecule has 1 unspecified atom stereocenters. The average molecular weight is 845 g/mol. The zero-order valence-corrected chi connectivity index (χ0v) is 32.5. The van der Waals surface area contributed by atoms with E-state index in [-0.39, 0.29) is 54.4 Å². The number of thiocarbonyl (C=S) groups is 1. The number of carbonyl (C=O) groups is 4. The lowest BCUT2D eigenvalue weighted by atomic mass is 10.0. The second kappa shape index (κ2) is 16.8. The summed E-state index contributed by atoms with van der Waals surface area (Å²) in [6.07, 6.45) is -9.25. The maximum Gasteiger partial charge on any atom is 0.420 e. The number of hydrogen-bond donors (Lipinski definition) is 3. The molecule has 3 fully saturated rings. The first-order valence-corrected chi connectivity index (χ1v) is 18.8. The second-order valence-corrected chi connectivity index (χ2v) is 14.9. The van der Waals surface area contributed by atoms with Gasteiger partial charge in [-0.3, -0.25) is 39.2 Å². The van der Waals surface area contributed by atoms with Gasteiger partial charge in [-0.2, -0.15) is 31.6 Å². The van der Waals surface area contributed by atoms with Gasteiger partial charge >= 0.3 is 12.4 Å². The number of piperazine rings is 1. The monoisotopic (exact) mass is 844 g/mol. The minimum Gasteiger partial charge on any atom is -0.492 e. The van der Waals surface area contributed by atoms with Crippen molar-refractivity contribution in [1.82, 2.24) is 15.1 Å². The molecule has 3 N–H and O–H groups in total. The first kappa shape index (κ1) is 42.8. The predicted octanol–water partition coefficient (Wildman–Crippen LogP) is 5.36. The normalized spacial score (nSPS) is 19.1. The minimum atomic E-state index is -4.93. The molecule has 20 heteroatoms. The van der Waals surface area contributed by atoms with Crippen LogP contribution in [0, 0.1) is 11.3 Å². The lowest BCUT2D eigenvalue weighted by molar-refractivity contribution is -0.139. The van der Waals surface area contributed by atoms with Gasteiger partial charge in [-0.05, 0) is 87.1 Å². The van der Waals surface area contributed by atoms with Gasteiger partial charge in [-0.1, -0.05) is 6.07 Å². The number of piperidine rings is 1. The lowest BCUT2D eigenvalue weighted by Crippen LogP contribution is -2.49. The Balaban J connectivity index is 1.03. The van der Waals surface area contributed by atoms with Crippen molar-refractivity contribution in [3.8, 4) is 11.8 Å². The van der Waals surface area contributed by atoms with Crippen LogP contribution >= 0.6 is 12.2 Å². The molecule has 1 atom stereocenters. The summed E-state index contributed by atoms with van der Waals surface area (Å²) in [6, 6.07) is 13.5. The van der Waals surface area contributed by atoms with E-state index in [0.29, 0.717) is 50.0 Å². The quantitative estimate of drug-likeness (QED) is 0.130. The molecule has 6 rings (SSSR count). The summed E-state index contributed by atoms with van der Waals surface area (Å²) in [5, 5.41) is 17.0. The first-order valence-electron chi connectivity index (χ1n) is 18.4. The molecule has 3 aliphatic rings. The molecule has 0 saturated carbocycles. The fraction of sp³-hybridized carbons (Fsp3) is 0.385. The molecule has 3 aromatic rings. The minimum absolute atomic E-state index is 0.0963. The number of benzene rings is 3. The van der Waals surface area contributed by atoms with Crippen molar-refractivity contribution in [3.05, 3.63) is 77.4 Å². The summed E-state index contributed by atoms with van der Waals surface area (Å²) < 4.78 is 90.1. The van der Waals surface area contributed by atoms with Gasteiger partial charge in [0.1, 0.15) is 23.9 Å². The highest BCUT2D eigenvalue weighted by molar-refractivity contribution is 7.81. The van der Waals surface area contributed by atoms with Crippen LogP contribution in [0.1, 0.15) is 43.4 Å². The Hall–Kier alpha value is -5.78. The fourth-order valence-electron chi connectivity index (χ4n) is 7.04. The fourth-order valence-corrected chi connectivity index (χ4v) is 7.56. The van der Waals surface area contributed by atoms with Crippen molar-refractivity contribution in [2.24, 2.45) is 0 Å². The van der Waals surface area contributed by atoms with E-state index < -0.39 is 58.2 Å². The Morgan fingerprint density at radius 1 is 0.915 bits per heavy atom. The number of nitriles is 1. The molecule has 0 aliphatic carbocycles. The molecule has 59 heavy (non-hydrogen) atoms. The SMILES string of the molecule is CC1(C)C(=O)N(c2ccc(C#N)c(C(F)(F)F)c2)C(=S)N1c1ccc(OCCN2CCN(CC(=O)Nc3cccc(NC4CCC(=O)NC4=O)c3)CC2)c(C(F)(F)F)c1. The smallest absolute Gasteiger partial charge is 0.420 e. The molecule has 0 bridgehead atoms. The van der Waals surface area contributed by atoms with Gasteiger partial charge < -0.3 is 20.3 Å². The van der Waals surface area contributed by atoms with Gasteiger partial charge in [-0.25, -0.2) is 0 Å². The molecule has 3 aromatic carbocycles. The molecule has 0 spiro atoms. The summed E-state index contributed by atoms with van der Waals surface area (Å²) in [4.78, 5) is 55.8. The second-order valence-electron chi connectivity index (χ2n) is 14.6. The number of amides is 4. The van der Waals surface area contributed by atoms with Gasteiger partial charge in [0.25, 0.3) is 5.91 Å². The van der Waals surface area contributed by atoms with Crippen LogP contribution in [0.15, 0.2) is 60.7 Å². The molecule has 3 aliphatic heterocycles. The Morgan fingerprint density at radius 3 is 2.22 bits per heavy atom. The molecule has 3 heterocycles. The number of rotatable bonds is 11. The Labute approximate surface area is 339 Å². The Bertz CT molecular complexity index is 2200. The Morgan fingerprint density at radius 2 is 1.56 bits per heavy atom. The summed E-state index contributed by atoms with van der Waals surface area (Å²) >= 11 is 5.48. The van der Waals surface area contributed by atoms with Crippen molar-refractivity contribution in [3.63, 3.8) is 0 Å². The highest BCUT2D eigenvalue weighted by Gasteiger charge is 2.51. The van der Waals surface area contributed by atoms with E-state index in [2.05, 4.69) is 16.0 Å². The standard InChI is InChI=1S/C39H38F6N8O5S/c1-37(2)35(57)52(26-7-6-23(21-46)28(19-26)38(40,41)42)36(59)53(37)27-8-10-31(29(20-27)39(43,44)45)58-17-16-50-12-14-51(15-13-50)22-33(55)48-25-5-3-4-24(18-25)47-30-9-11-32(54)49-34(30)56/h3-8,10,18-20,30,47H,9,11-17,22H2,1-2H3,(H,48,55)(H,49,54,56). The van der Waals surface area contributed by atoms with E-state index in [1.165, 1.54) is 26.0 Å². The van der Waals surface area contributed by atoms with Crippen molar-refractivity contribution >= 4 is 63.7 Å². The number of imide groups is 1. The van der Waals surface area contributed by atoms with Crippen LogP contribution in [0.2, 0.25) is 0 Å². The molecule has 13 nitrogen and oxygen atoms in total. The number of ether oxygens (including phenoxy) is 1. The predicted molar refractivity (Wildman–Crippen MR) is 207 cm³/mol. The third-order valence-corrected chi connectivity index (χ3v) is 10.5. The van der Waals surface area contributed by atoms with Crippen LogP contribution in [0.25, 0.3) is 0 Å². The maximum absolute atomic E-state index is 14.4. The van der Waals surface area contributed by atoms with Crippen molar-refractivity contribution < 1.29 is 50.3 Å². The molecular weight excluding hydrogens is 807 g/mol. The summed E-state index contributed by atoms with van der Waals surface area (Å²) in [5.41, 5.74) is -4.05. The lowest BCUT2D eigenvalue weighted by Gasteiger charge is -2.34. The van der Waals surface area contributed by atoms with Crippen LogP contribution in [0.5, 0.6) is 5.75 Å². The third-order valence-electron chi connectivity index (χ3n) is 10.1. The first-order chi connectivity index (χ1) is 27.8. The maximum atomic E-state index is 14.4. The number of nitrogens with zero attached hydrogens (tertiary/aromatic N) is 5. The number of carbonyl (C=O) groups excluding carboxylic acids is 4. The van der Waals surface area contributed by atoms with E-state index in [1.54, 1.807) is 24.3 Å². The molecule has 312 valence electrons. The van der Waals surface area contributed by atoms with Gasteiger partial charge in [0.15, 0.2) is 5.11 Å². The summed E-state index contributed by atoms with van der Waals surface area (Å²) in [6.45, 7) is 5.08. The molecule has 0 radical (unpaired) electrons. The number of halogens is 6. The highest BCUT2D eigenvalue weighted by Crippen LogP contribution is 2.43. The zero-order chi connectivity index (χ0) is 42.9. The molecular formula is C39H38F6N8O5S. The largest absolute Gasteiger partial charge is 0.492 e. The molecule has 0 aromatic heterocycles. The Kier molecular flexibility index (Phi) is 12.2. The molecule has 4 amide bonds. The van der Waals surface area contributed by atoms with Gasteiger partial charge in [0.05, 0.1) is 35.0 Å². The van der Waals surface area contributed by atoms with E-state index >= 15 is 0 Å². The zero-order valence-electron chi connectivity index (χ0n) is 31.7. The number of alkyl halides is 6. The number of hydrogen-bond acceptors (Lipinski definition) is 10. The van der Waals surface area contributed by atoms with Crippen LogP contribution in [-0.2, 0) is 31.5 Å². The average Bonchev–Trinajstić information content (AvgIpc) is 3.34. The van der Waals surface area contributed by atoms with E-state index in [1.807, 2.05) is 9.80 Å². The van der Waals surface area contributed by atoms with Crippen LogP contribution in [-0.4, -0.2) is 96.0 Å². The number of anilines is 4. The topological polar surface area (TPSA) is 150 Å². The summed E-state index contributed by atoms with van der Waals surface area (Å²) in [7, 11) is 0. The van der Waals surface area contributed by atoms with E-state index in [4.69, 9.17) is 17.0 Å². The van der Waals surface area contributed by atoms with Crippen molar-refractivity contribution in [1.29, 1.82) is 5.26 Å². The van der Waals surface area contributed by atoms with Crippen LogP contribution < -0.4 is 30.5 Å². The summed E-state index contributed by atoms with van der Waals surface area (Å²) in [5.74, 6) is -2.26. The van der Waals surface area contributed by atoms with E-state index in [0.717, 1.165) is 34.1 Å². The van der Waals surface area contributed by atoms with Crippen molar-refractivity contribution in [2.45, 2.75) is 50.6 Å².